The van der Waals surface area contributed by atoms with Crippen molar-refractivity contribution in [1.29, 1.82) is 0 Å². The van der Waals surface area contributed by atoms with Gasteiger partial charge in [0, 0.05) is 12.5 Å². The van der Waals surface area contributed by atoms with Crippen LogP contribution in [0.2, 0.25) is 0 Å². The second-order valence-corrected chi connectivity index (χ2v) is 3.29. The normalized spacial score (nSPS) is 24.5. The van der Waals surface area contributed by atoms with Crippen molar-refractivity contribution < 1.29 is 4.79 Å². The molecule has 0 radical (unpaired) electrons. The zero-order chi connectivity index (χ0) is 8.27. The molecule has 0 bridgehead atoms. The van der Waals surface area contributed by atoms with E-state index in [1.807, 2.05) is 6.92 Å². The Bertz CT molecular complexity index is 174. The fourth-order valence-corrected chi connectivity index (χ4v) is 1.45. The van der Waals surface area contributed by atoms with Crippen LogP contribution in [0.25, 0.3) is 0 Å². The van der Waals surface area contributed by atoms with Crippen molar-refractivity contribution >= 4 is 5.91 Å². The Balaban J connectivity index is 2.42. The molecule has 1 aliphatic heterocycles. The van der Waals surface area contributed by atoms with E-state index in [1.165, 1.54) is 0 Å². The Morgan fingerprint density at radius 3 is 3.09 bits per heavy atom. The van der Waals surface area contributed by atoms with Crippen LogP contribution in [0.5, 0.6) is 0 Å². The van der Waals surface area contributed by atoms with Gasteiger partial charge in [-0.25, -0.2) is 0 Å². The van der Waals surface area contributed by atoms with Gasteiger partial charge in [0.25, 0.3) is 0 Å². The summed E-state index contributed by atoms with van der Waals surface area (Å²) >= 11 is 0. The Morgan fingerprint density at radius 2 is 2.55 bits per heavy atom. The average Bonchev–Trinajstić information content (AvgIpc) is 1.93. The third-order valence-corrected chi connectivity index (χ3v) is 1.99. The van der Waals surface area contributed by atoms with E-state index in [0.717, 1.165) is 31.4 Å². The molecule has 0 aliphatic carbocycles. The molecule has 1 amide bonds. The first-order valence-electron chi connectivity index (χ1n) is 4.12. The lowest BCUT2D eigenvalue weighted by Crippen LogP contribution is -2.36. The lowest BCUT2D eigenvalue weighted by Gasteiger charge is -2.21. The van der Waals surface area contributed by atoms with Gasteiger partial charge in [-0.2, -0.15) is 0 Å². The highest BCUT2D eigenvalue weighted by Gasteiger charge is 2.21. The van der Waals surface area contributed by atoms with Gasteiger partial charge in [-0.05, 0) is 26.2 Å². The summed E-state index contributed by atoms with van der Waals surface area (Å²) in [6.45, 7) is 6.63. The van der Waals surface area contributed by atoms with Crippen molar-refractivity contribution in [3.63, 3.8) is 0 Å². The van der Waals surface area contributed by atoms with Crippen LogP contribution < -0.4 is 5.32 Å². The highest BCUT2D eigenvalue weighted by atomic mass is 16.1. The number of nitrogens with one attached hydrogen (secondary N) is 1. The molecule has 2 nitrogen and oxygen atoms in total. The molecule has 0 aromatic heterocycles. The molecule has 11 heavy (non-hydrogen) atoms. The predicted molar refractivity (Wildman–Crippen MR) is 45.2 cm³/mol. The highest BCUT2D eigenvalue weighted by Crippen LogP contribution is 2.18. The number of carbonyl (C=O) groups is 1. The predicted octanol–water partition coefficient (Wildman–Crippen LogP) is 1.48. The highest BCUT2D eigenvalue weighted by molar-refractivity contribution is 5.79. The van der Waals surface area contributed by atoms with E-state index in [9.17, 15) is 4.79 Å². The maximum atomic E-state index is 11.2. The number of hydrogen-bond acceptors (Lipinski definition) is 1. The van der Waals surface area contributed by atoms with Crippen LogP contribution in [0.15, 0.2) is 12.2 Å². The molecule has 1 aliphatic rings. The zero-order valence-corrected chi connectivity index (χ0v) is 7.02. The molecule has 1 fully saturated rings. The van der Waals surface area contributed by atoms with Crippen LogP contribution in [-0.4, -0.2) is 12.5 Å². The van der Waals surface area contributed by atoms with E-state index in [0.29, 0.717) is 0 Å². The maximum absolute atomic E-state index is 11.2. The van der Waals surface area contributed by atoms with Crippen molar-refractivity contribution in [2.45, 2.75) is 26.2 Å². The van der Waals surface area contributed by atoms with Crippen molar-refractivity contribution in [1.82, 2.24) is 5.32 Å². The molecule has 1 atom stereocenters. The van der Waals surface area contributed by atoms with Crippen LogP contribution in [-0.2, 0) is 4.79 Å². The first kappa shape index (κ1) is 8.31. The van der Waals surface area contributed by atoms with Crippen LogP contribution >= 0.6 is 0 Å². The molecule has 0 spiro atoms. The van der Waals surface area contributed by atoms with Crippen molar-refractivity contribution in [3.05, 3.63) is 12.2 Å². The molecule has 1 N–H and O–H groups in total. The molecule has 1 heterocycles. The summed E-state index contributed by atoms with van der Waals surface area (Å²) in [6.07, 6.45) is 2.99. The largest absolute Gasteiger partial charge is 0.356 e. The average molecular weight is 153 g/mol. The fourth-order valence-electron chi connectivity index (χ4n) is 1.45. The summed E-state index contributed by atoms with van der Waals surface area (Å²) in [6, 6.07) is 0. The van der Waals surface area contributed by atoms with Crippen molar-refractivity contribution in [3.8, 4) is 0 Å². The van der Waals surface area contributed by atoms with Crippen LogP contribution in [0.1, 0.15) is 26.2 Å². The van der Waals surface area contributed by atoms with Gasteiger partial charge >= 0.3 is 0 Å². The summed E-state index contributed by atoms with van der Waals surface area (Å²) in [5, 5.41) is 2.86. The van der Waals surface area contributed by atoms with E-state index in [2.05, 4.69) is 11.9 Å². The second-order valence-electron chi connectivity index (χ2n) is 3.29. The van der Waals surface area contributed by atoms with Gasteiger partial charge in [-0.3, -0.25) is 4.79 Å². The lowest BCUT2D eigenvalue weighted by molar-refractivity contribution is -0.126. The van der Waals surface area contributed by atoms with Gasteiger partial charge in [0.2, 0.25) is 5.91 Å². The third-order valence-electron chi connectivity index (χ3n) is 1.99. The molecule has 0 unspecified atom stereocenters. The van der Waals surface area contributed by atoms with E-state index in [1.54, 1.807) is 0 Å². The fraction of sp³-hybridized carbons (Fsp3) is 0.667. The van der Waals surface area contributed by atoms with Crippen LogP contribution in [0.4, 0.5) is 0 Å². The van der Waals surface area contributed by atoms with Gasteiger partial charge in [0.1, 0.15) is 0 Å². The number of piperidine rings is 1. The molecule has 1 rings (SSSR count). The molecular formula is C9H15NO. The summed E-state index contributed by atoms with van der Waals surface area (Å²) in [7, 11) is 0. The number of allylic oxidation sites excluding steroid dienone is 1. The Morgan fingerprint density at radius 1 is 1.82 bits per heavy atom. The molecule has 62 valence electrons. The molecule has 0 aromatic carbocycles. The number of hydrogen-bond donors (Lipinski definition) is 1. The summed E-state index contributed by atoms with van der Waals surface area (Å²) in [5.74, 6) is 0.403. The topological polar surface area (TPSA) is 29.1 Å². The van der Waals surface area contributed by atoms with E-state index < -0.39 is 0 Å². The van der Waals surface area contributed by atoms with E-state index >= 15 is 0 Å². The smallest absolute Gasteiger partial charge is 0.223 e. The van der Waals surface area contributed by atoms with Crippen LogP contribution in [0, 0.1) is 5.92 Å². The van der Waals surface area contributed by atoms with E-state index in [4.69, 9.17) is 0 Å². The minimum atomic E-state index is 0.196. The SMILES string of the molecule is C=C(C)C[C@H]1CCCNC1=O. The summed E-state index contributed by atoms with van der Waals surface area (Å²) < 4.78 is 0. The quantitative estimate of drug-likeness (QED) is 0.598. The van der Waals surface area contributed by atoms with Gasteiger partial charge in [0.05, 0.1) is 0 Å². The molecule has 1 saturated heterocycles. The minimum absolute atomic E-state index is 0.196. The van der Waals surface area contributed by atoms with Gasteiger partial charge in [-0.1, -0.05) is 5.57 Å². The molecule has 2 heteroatoms. The Labute approximate surface area is 67.7 Å². The van der Waals surface area contributed by atoms with Gasteiger partial charge in [0.15, 0.2) is 0 Å². The lowest BCUT2D eigenvalue weighted by atomic mass is 9.92. The van der Waals surface area contributed by atoms with Gasteiger partial charge < -0.3 is 5.32 Å². The Hall–Kier alpha value is -0.790. The number of carbonyl (C=O) groups excluding carboxylic acids is 1. The summed E-state index contributed by atoms with van der Waals surface area (Å²) in [5.41, 5.74) is 1.10. The van der Waals surface area contributed by atoms with Gasteiger partial charge in [-0.15, -0.1) is 6.58 Å². The maximum Gasteiger partial charge on any atom is 0.223 e. The third kappa shape index (κ3) is 2.37. The number of rotatable bonds is 2. The molecule has 0 aromatic rings. The first-order valence-corrected chi connectivity index (χ1v) is 4.12. The minimum Gasteiger partial charge on any atom is -0.356 e. The van der Waals surface area contributed by atoms with Crippen LogP contribution in [0.3, 0.4) is 0 Å². The van der Waals surface area contributed by atoms with Crippen molar-refractivity contribution in [2.75, 3.05) is 6.54 Å². The zero-order valence-electron chi connectivity index (χ0n) is 7.02. The summed E-state index contributed by atoms with van der Waals surface area (Å²) in [4.78, 5) is 11.2. The molecular weight excluding hydrogens is 138 g/mol. The standard InChI is InChI=1S/C9H15NO/c1-7(2)6-8-4-3-5-10-9(8)11/h8H,1,3-6H2,2H3,(H,10,11)/t8-/m1/s1. The number of amides is 1. The van der Waals surface area contributed by atoms with Crippen molar-refractivity contribution in [2.24, 2.45) is 5.92 Å². The monoisotopic (exact) mass is 153 g/mol. The van der Waals surface area contributed by atoms with E-state index in [-0.39, 0.29) is 11.8 Å². The second kappa shape index (κ2) is 3.56. The Kier molecular flexibility index (Phi) is 2.69. The molecule has 0 saturated carbocycles. The first-order chi connectivity index (χ1) is 5.20.